The Kier molecular flexibility index (Phi) is 9.65. The molecule has 0 saturated carbocycles. The van der Waals surface area contributed by atoms with Gasteiger partial charge in [-0.3, -0.25) is 0 Å². The number of nitrogens with zero attached hydrogens (tertiary/aromatic N) is 2. The van der Waals surface area contributed by atoms with E-state index in [1.807, 2.05) is 48.5 Å². The largest absolute Gasteiger partial charge is 0.497 e. The molecular formula is C61H56N2O4. The van der Waals surface area contributed by atoms with Gasteiger partial charge in [0.25, 0.3) is 0 Å². The number of hydrogen-bond acceptors (Lipinski definition) is 6. The Balaban J connectivity index is 0.998. The first kappa shape index (κ1) is 42.2. The first-order valence-corrected chi connectivity index (χ1v) is 23.1. The van der Waals surface area contributed by atoms with Gasteiger partial charge in [0.2, 0.25) is 0 Å². The second-order valence-electron chi connectivity index (χ2n) is 19.7. The van der Waals surface area contributed by atoms with Crippen molar-refractivity contribution >= 4 is 34.1 Å². The fraction of sp³-hybridized carbons (Fsp3) is 0.213. The van der Waals surface area contributed by atoms with E-state index in [9.17, 15) is 0 Å². The van der Waals surface area contributed by atoms with Gasteiger partial charge in [-0.25, -0.2) is 0 Å². The van der Waals surface area contributed by atoms with Crippen LogP contribution in [0.15, 0.2) is 158 Å². The minimum atomic E-state index is -0.253. The van der Waals surface area contributed by atoms with Crippen LogP contribution < -0.4 is 28.7 Å². The molecule has 3 aliphatic rings. The molecule has 0 atom stereocenters. The zero-order valence-corrected chi connectivity index (χ0v) is 40.0. The lowest BCUT2D eigenvalue weighted by atomic mass is 9.78. The fourth-order valence-electron chi connectivity index (χ4n) is 11.3. The van der Waals surface area contributed by atoms with Gasteiger partial charge >= 0.3 is 0 Å². The van der Waals surface area contributed by atoms with Crippen molar-refractivity contribution in [1.29, 1.82) is 0 Å². The smallest absolute Gasteiger partial charge is 0.120 e. The van der Waals surface area contributed by atoms with Crippen molar-refractivity contribution in [1.82, 2.24) is 0 Å². The predicted molar refractivity (Wildman–Crippen MR) is 275 cm³/mol. The van der Waals surface area contributed by atoms with Crippen molar-refractivity contribution in [2.45, 2.75) is 57.8 Å². The average molecular weight is 881 g/mol. The SMILES string of the molecule is COc1cccc(N(c2cccc(OC)c2)c2ccc3c(c2)C(C)(C)c2cc4c(cc2-3)C(C)(C)c2cc3c(cc2-4)C(C)(C)c2cc(N(c4cccc(OC)c4)c4cccc(OC)c4)ccc2-3)c1. The van der Waals surface area contributed by atoms with Crippen molar-refractivity contribution < 1.29 is 18.9 Å². The molecule has 0 saturated heterocycles. The van der Waals surface area contributed by atoms with Gasteiger partial charge in [-0.2, -0.15) is 0 Å². The molecule has 0 N–H and O–H groups in total. The highest BCUT2D eigenvalue weighted by Crippen LogP contribution is 2.60. The molecule has 0 aromatic heterocycles. The lowest BCUT2D eigenvalue weighted by molar-refractivity contribution is 0.414. The van der Waals surface area contributed by atoms with Gasteiger partial charge in [0, 0.05) is 74.6 Å². The number of rotatable bonds is 10. The van der Waals surface area contributed by atoms with Crippen molar-refractivity contribution in [2.24, 2.45) is 0 Å². The molecule has 334 valence electrons. The molecule has 0 radical (unpaired) electrons. The highest BCUT2D eigenvalue weighted by Gasteiger charge is 2.45. The van der Waals surface area contributed by atoms with E-state index in [4.69, 9.17) is 18.9 Å². The normalized spacial score (nSPS) is 14.8. The summed E-state index contributed by atoms with van der Waals surface area (Å²) >= 11 is 0. The molecule has 0 unspecified atom stereocenters. The molecule has 0 amide bonds. The summed E-state index contributed by atoms with van der Waals surface area (Å²) in [5.74, 6) is 3.22. The van der Waals surface area contributed by atoms with Crippen LogP contribution in [-0.2, 0) is 16.2 Å². The Morgan fingerprint density at radius 3 is 0.776 bits per heavy atom. The number of fused-ring (bicyclic) bond motifs is 9. The molecule has 8 aromatic rings. The first-order chi connectivity index (χ1) is 32.3. The van der Waals surface area contributed by atoms with Crippen molar-refractivity contribution in [2.75, 3.05) is 38.2 Å². The second kappa shape index (κ2) is 15.3. The summed E-state index contributed by atoms with van der Waals surface area (Å²) in [6.07, 6.45) is 0. The van der Waals surface area contributed by atoms with Crippen molar-refractivity contribution in [3.05, 3.63) is 191 Å². The van der Waals surface area contributed by atoms with Gasteiger partial charge in [0.1, 0.15) is 23.0 Å². The Morgan fingerprint density at radius 1 is 0.269 bits per heavy atom. The summed E-state index contributed by atoms with van der Waals surface area (Å²) in [6.45, 7) is 14.4. The summed E-state index contributed by atoms with van der Waals surface area (Å²) in [5.41, 5.74) is 21.5. The second-order valence-corrected chi connectivity index (χ2v) is 19.7. The Labute approximate surface area is 395 Å². The van der Waals surface area contributed by atoms with E-state index in [1.54, 1.807) is 28.4 Å². The fourth-order valence-corrected chi connectivity index (χ4v) is 11.3. The van der Waals surface area contributed by atoms with E-state index in [1.165, 1.54) is 66.8 Å². The first-order valence-electron chi connectivity index (χ1n) is 23.1. The summed E-state index contributed by atoms with van der Waals surface area (Å²) in [5, 5.41) is 0. The molecular weight excluding hydrogens is 825 g/mol. The van der Waals surface area contributed by atoms with Crippen molar-refractivity contribution in [3.8, 4) is 56.4 Å². The minimum Gasteiger partial charge on any atom is -0.497 e. The average Bonchev–Trinajstić information content (AvgIpc) is 3.81. The highest BCUT2D eigenvalue weighted by molar-refractivity contribution is 5.95. The number of methoxy groups -OCH3 is 4. The zero-order valence-electron chi connectivity index (χ0n) is 40.0. The summed E-state index contributed by atoms with van der Waals surface area (Å²) in [6, 6.07) is 57.1. The van der Waals surface area contributed by atoms with Gasteiger partial charge in [0.05, 0.1) is 28.4 Å². The van der Waals surface area contributed by atoms with Crippen LogP contribution in [0.4, 0.5) is 34.1 Å². The van der Waals surface area contributed by atoms with Gasteiger partial charge in [-0.15, -0.1) is 0 Å². The minimum absolute atomic E-state index is 0.209. The van der Waals surface area contributed by atoms with Crippen LogP contribution >= 0.6 is 0 Å². The van der Waals surface area contributed by atoms with Gasteiger partial charge in [-0.05, 0) is 164 Å². The van der Waals surface area contributed by atoms with Crippen LogP contribution in [0, 0.1) is 0 Å². The molecule has 0 fully saturated rings. The van der Waals surface area contributed by atoms with E-state index >= 15 is 0 Å². The maximum Gasteiger partial charge on any atom is 0.120 e. The summed E-state index contributed by atoms with van der Waals surface area (Å²) in [7, 11) is 6.86. The number of hydrogen-bond donors (Lipinski definition) is 0. The molecule has 3 aliphatic carbocycles. The maximum atomic E-state index is 5.70. The van der Waals surface area contributed by atoms with Crippen LogP contribution in [0.5, 0.6) is 23.0 Å². The molecule has 6 heteroatoms. The Bertz CT molecular complexity index is 2990. The number of benzene rings is 8. The maximum absolute atomic E-state index is 5.70. The molecule has 0 aliphatic heterocycles. The molecule has 0 heterocycles. The van der Waals surface area contributed by atoms with Crippen molar-refractivity contribution in [3.63, 3.8) is 0 Å². The summed E-state index contributed by atoms with van der Waals surface area (Å²) < 4.78 is 22.8. The third kappa shape index (κ3) is 6.44. The van der Waals surface area contributed by atoms with Crippen LogP contribution in [0.3, 0.4) is 0 Å². The standard InChI is InChI=1S/C61H56N2O4/c1-59(2)53-31-41(62(37-15-11-19-43(27-37)64-7)38-16-12-20-44(28-38)65-8)23-25-47(53)49-33-57-51(35-55(49)59)52-36-56-50(34-58(52)61(57,5)6)48-26-24-42(32-54(48)60(56,3)4)63(39-17-13-21-45(29-39)66-9)40-18-14-22-46(30-40)67-10/h11-36H,1-10H3. The molecule has 11 rings (SSSR count). The lowest BCUT2D eigenvalue weighted by Crippen LogP contribution is -2.18. The lowest BCUT2D eigenvalue weighted by Gasteiger charge is -2.28. The molecule has 0 bridgehead atoms. The van der Waals surface area contributed by atoms with Crippen LogP contribution in [-0.4, -0.2) is 28.4 Å². The van der Waals surface area contributed by atoms with Crippen LogP contribution in [0.2, 0.25) is 0 Å². The van der Waals surface area contributed by atoms with E-state index in [0.717, 1.165) is 57.1 Å². The third-order valence-corrected chi connectivity index (χ3v) is 15.0. The zero-order chi connectivity index (χ0) is 46.6. The summed E-state index contributed by atoms with van der Waals surface area (Å²) in [4.78, 5) is 4.59. The highest BCUT2D eigenvalue weighted by atomic mass is 16.5. The topological polar surface area (TPSA) is 43.4 Å². The molecule has 0 spiro atoms. The quantitative estimate of drug-likeness (QED) is 0.136. The predicted octanol–water partition coefficient (Wildman–Crippen LogP) is 15.6. The van der Waals surface area contributed by atoms with Gasteiger partial charge < -0.3 is 28.7 Å². The monoisotopic (exact) mass is 880 g/mol. The van der Waals surface area contributed by atoms with E-state index in [0.29, 0.717) is 0 Å². The number of anilines is 6. The molecule has 67 heavy (non-hydrogen) atoms. The van der Waals surface area contributed by atoms with E-state index in [2.05, 4.69) is 161 Å². The van der Waals surface area contributed by atoms with Crippen LogP contribution in [0.1, 0.15) is 74.9 Å². The Morgan fingerprint density at radius 2 is 0.507 bits per heavy atom. The third-order valence-electron chi connectivity index (χ3n) is 15.0. The molecule has 6 nitrogen and oxygen atoms in total. The van der Waals surface area contributed by atoms with Gasteiger partial charge in [0.15, 0.2) is 0 Å². The Hall–Kier alpha value is -7.44. The van der Waals surface area contributed by atoms with E-state index in [-0.39, 0.29) is 16.2 Å². The van der Waals surface area contributed by atoms with Crippen LogP contribution in [0.25, 0.3) is 33.4 Å². The van der Waals surface area contributed by atoms with Gasteiger partial charge in [-0.1, -0.05) is 77.9 Å². The van der Waals surface area contributed by atoms with E-state index < -0.39 is 0 Å². The molecule has 8 aromatic carbocycles. The number of ether oxygens (including phenoxy) is 4.